The fraction of sp³-hybridized carbons (Fsp3) is 0.250. The van der Waals surface area contributed by atoms with Gasteiger partial charge in [0.05, 0.1) is 17.0 Å². The van der Waals surface area contributed by atoms with Crippen LogP contribution in [0.15, 0.2) is 47.2 Å². The maximum Gasteiger partial charge on any atom is 0.230 e. The average molecular weight is 447 g/mol. The number of piperidine rings is 1. The number of pyridine rings is 2. The zero-order valence-corrected chi connectivity index (χ0v) is 16.4. The number of benzene rings is 1. The molecule has 3 aromatic rings. The normalized spacial score (nSPS) is 17.0. The van der Waals surface area contributed by atoms with Gasteiger partial charge in [-0.3, -0.25) is 9.78 Å². The molecule has 0 radical (unpaired) electrons. The van der Waals surface area contributed by atoms with E-state index in [9.17, 15) is 13.6 Å². The van der Waals surface area contributed by atoms with Crippen LogP contribution in [-0.2, 0) is 4.79 Å². The Balaban J connectivity index is 1.57. The largest absolute Gasteiger partial charge is 0.370 e. The van der Waals surface area contributed by atoms with Gasteiger partial charge in [-0.05, 0) is 59.1 Å². The number of fused-ring (bicyclic) bond motifs is 1. The fourth-order valence-electron chi connectivity index (χ4n) is 3.53. The maximum atomic E-state index is 14.4. The number of carbonyl (C=O) groups excluding carboxylic acids is 1. The van der Waals surface area contributed by atoms with Gasteiger partial charge in [-0.1, -0.05) is 0 Å². The van der Waals surface area contributed by atoms with E-state index in [1.807, 2.05) is 4.90 Å². The summed E-state index contributed by atoms with van der Waals surface area (Å²) in [6.45, 7) is 1.08. The summed E-state index contributed by atoms with van der Waals surface area (Å²) in [4.78, 5) is 22.7. The second-order valence-electron chi connectivity index (χ2n) is 6.72. The number of amides is 1. The highest BCUT2D eigenvalue weighted by Gasteiger charge is 2.28. The van der Waals surface area contributed by atoms with E-state index in [1.165, 1.54) is 6.20 Å². The molecule has 1 N–H and O–H groups in total. The molecule has 1 fully saturated rings. The van der Waals surface area contributed by atoms with E-state index in [2.05, 4.69) is 31.2 Å². The molecule has 1 aliphatic rings. The Morgan fingerprint density at radius 2 is 1.96 bits per heavy atom. The van der Waals surface area contributed by atoms with Crippen molar-refractivity contribution in [3.8, 4) is 0 Å². The van der Waals surface area contributed by atoms with Crippen LogP contribution in [0, 0.1) is 17.6 Å². The number of hydrogen-bond donors (Lipinski definition) is 1. The predicted octanol–water partition coefficient (Wildman–Crippen LogP) is 4.53. The van der Waals surface area contributed by atoms with Gasteiger partial charge in [0.1, 0.15) is 23.0 Å². The predicted molar refractivity (Wildman–Crippen MR) is 107 cm³/mol. The van der Waals surface area contributed by atoms with Crippen molar-refractivity contribution in [2.24, 2.45) is 5.92 Å². The quantitative estimate of drug-likeness (QED) is 0.642. The smallest absolute Gasteiger partial charge is 0.230 e. The first-order chi connectivity index (χ1) is 13.5. The van der Waals surface area contributed by atoms with Gasteiger partial charge >= 0.3 is 0 Å². The summed E-state index contributed by atoms with van der Waals surface area (Å²) in [6, 6.07) is 7.37. The van der Waals surface area contributed by atoms with Crippen molar-refractivity contribution in [3.05, 3.63) is 58.8 Å². The third-order valence-electron chi connectivity index (χ3n) is 4.88. The van der Waals surface area contributed by atoms with Crippen molar-refractivity contribution in [2.45, 2.75) is 12.8 Å². The van der Waals surface area contributed by atoms with E-state index in [1.54, 1.807) is 24.4 Å². The highest BCUT2D eigenvalue weighted by Crippen LogP contribution is 2.32. The molecule has 0 spiro atoms. The number of nitrogens with zero attached hydrogens (tertiary/aromatic N) is 3. The zero-order valence-electron chi connectivity index (χ0n) is 14.8. The van der Waals surface area contributed by atoms with Crippen LogP contribution in [0.5, 0.6) is 0 Å². The van der Waals surface area contributed by atoms with Gasteiger partial charge in [-0.25, -0.2) is 13.8 Å². The molecule has 1 atom stereocenters. The Morgan fingerprint density at radius 1 is 1.14 bits per heavy atom. The first-order valence-electron chi connectivity index (χ1n) is 8.93. The van der Waals surface area contributed by atoms with Crippen LogP contribution < -0.4 is 10.2 Å². The fourth-order valence-corrected chi connectivity index (χ4v) is 3.76. The lowest BCUT2D eigenvalue weighted by molar-refractivity contribution is -0.120. The second-order valence-corrected chi connectivity index (χ2v) is 7.63. The molecule has 0 saturated carbocycles. The van der Waals surface area contributed by atoms with Crippen molar-refractivity contribution < 1.29 is 13.6 Å². The molecule has 0 aliphatic carbocycles. The summed E-state index contributed by atoms with van der Waals surface area (Å²) in [6.07, 6.45) is 4.57. The van der Waals surface area contributed by atoms with Gasteiger partial charge in [-0.2, -0.15) is 0 Å². The Morgan fingerprint density at radius 3 is 2.75 bits per heavy atom. The minimum atomic E-state index is -0.564. The minimum absolute atomic E-state index is 0.00291. The molecule has 1 saturated heterocycles. The van der Waals surface area contributed by atoms with Crippen molar-refractivity contribution in [3.63, 3.8) is 0 Å². The van der Waals surface area contributed by atoms with Crippen LogP contribution >= 0.6 is 15.9 Å². The average Bonchev–Trinajstić information content (AvgIpc) is 2.72. The van der Waals surface area contributed by atoms with E-state index in [4.69, 9.17) is 0 Å². The molecule has 8 heteroatoms. The summed E-state index contributed by atoms with van der Waals surface area (Å²) < 4.78 is 29.3. The number of carbonyl (C=O) groups is 1. The lowest BCUT2D eigenvalue weighted by atomic mass is 9.96. The van der Waals surface area contributed by atoms with E-state index in [0.29, 0.717) is 24.6 Å². The Kier molecular flexibility index (Phi) is 5.21. The van der Waals surface area contributed by atoms with Crippen molar-refractivity contribution >= 4 is 44.2 Å². The van der Waals surface area contributed by atoms with E-state index in [0.717, 1.165) is 29.4 Å². The van der Waals surface area contributed by atoms with Gasteiger partial charge in [0, 0.05) is 30.0 Å². The molecular formula is C20H17BrF2N4O. The van der Waals surface area contributed by atoms with E-state index in [-0.39, 0.29) is 22.7 Å². The first kappa shape index (κ1) is 18.7. The second kappa shape index (κ2) is 7.79. The molecule has 1 unspecified atom stereocenters. The van der Waals surface area contributed by atoms with Gasteiger partial charge in [0.2, 0.25) is 5.91 Å². The van der Waals surface area contributed by atoms with Crippen molar-refractivity contribution in [1.29, 1.82) is 0 Å². The summed E-state index contributed by atoms with van der Waals surface area (Å²) in [7, 11) is 0. The number of halogens is 3. The molecular weight excluding hydrogens is 430 g/mol. The number of nitrogens with one attached hydrogen (secondary N) is 1. The lowest BCUT2D eigenvalue weighted by Crippen LogP contribution is -2.41. The number of aromatic nitrogens is 2. The topological polar surface area (TPSA) is 58.1 Å². The number of rotatable bonds is 3. The van der Waals surface area contributed by atoms with Gasteiger partial charge in [0.15, 0.2) is 0 Å². The van der Waals surface area contributed by atoms with Crippen LogP contribution in [0.25, 0.3) is 10.9 Å². The SMILES string of the molecule is O=C(Nc1ccc(Br)cn1)C1CCCN(c2ccnc3c(F)ccc(F)c23)C1. The Hall–Kier alpha value is -2.61. The molecule has 1 aromatic carbocycles. The summed E-state index contributed by atoms with van der Waals surface area (Å²) in [5.74, 6) is -1.02. The van der Waals surface area contributed by atoms with Crippen LogP contribution in [0.1, 0.15) is 12.8 Å². The molecule has 144 valence electrons. The summed E-state index contributed by atoms with van der Waals surface area (Å²) in [5.41, 5.74) is 0.560. The molecule has 3 heterocycles. The number of hydrogen-bond acceptors (Lipinski definition) is 4. The lowest BCUT2D eigenvalue weighted by Gasteiger charge is -2.34. The molecule has 1 amide bonds. The van der Waals surface area contributed by atoms with E-state index < -0.39 is 11.6 Å². The summed E-state index contributed by atoms with van der Waals surface area (Å²) in [5, 5.41) is 2.98. The van der Waals surface area contributed by atoms with Crippen LogP contribution in [0.4, 0.5) is 20.3 Å². The maximum absolute atomic E-state index is 14.4. The van der Waals surface area contributed by atoms with E-state index >= 15 is 0 Å². The molecule has 4 rings (SSSR count). The third-order valence-corrected chi connectivity index (χ3v) is 5.35. The highest BCUT2D eigenvalue weighted by atomic mass is 79.9. The van der Waals surface area contributed by atoms with Crippen LogP contribution in [-0.4, -0.2) is 29.0 Å². The van der Waals surface area contributed by atoms with Crippen LogP contribution in [0.2, 0.25) is 0 Å². The minimum Gasteiger partial charge on any atom is -0.370 e. The Labute approximate surface area is 168 Å². The Bertz CT molecular complexity index is 1030. The van der Waals surface area contributed by atoms with Crippen molar-refractivity contribution in [1.82, 2.24) is 9.97 Å². The summed E-state index contributed by atoms with van der Waals surface area (Å²) >= 11 is 3.31. The first-order valence-corrected chi connectivity index (χ1v) is 9.72. The highest BCUT2D eigenvalue weighted by molar-refractivity contribution is 9.10. The molecule has 5 nitrogen and oxygen atoms in total. The van der Waals surface area contributed by atoms with Gasteiger partial charge < -0.3 is 10.2 Å². The third kappa shape index (κ3) is 3.69. The van der Waals surface area contributed by atoms with Crippen LogP contribution in [0.3, 0.4) is 0 Å². The van der Waals surface area contributed by atoms with Gasteiger partial charge in [0.25, 0.3) is 0 Å². The zero-order chi connectivity index (χ0) is 19.7. The monoisotopic (exact) mass is 446 g/mol. The molecule has 28 heavy (non-hydrogen) atoms. The number of anilines is 2. The van der Waals surface area contributed by atoms with Gasteiger partial charge in [-0.15, -0.1) is 0 Å². The van der Waals surface area contributed by atoms with Crippen molar-refractivity contribution in [2.75, 3.05) is 23.3 Å². The molecule has 0 bridgehead atoms. The molecule has 2 aromatic heterocycles. The molecule has 1 aliphatic heterocycles. The standard InChI is InChI=1S/C20H17BrF2N4O/c21-13-3-6-17(25-10-13)26-20(28)12-2-1-9-27(11-12)16-7-8-24-19-15(23)5-4-14(22)18(16)19/h3-8,10,12H,1-2,9,11H2,(H,25,26,28).